The van der Waals surface area contributed by atoms with Crippen LogP contribution in [0.15, 0.2) is 65.6 Å². The van der Waals surface area contributed by atoms with Gasteiger partial charge in [-0.3, -0.25) is 9.52 Å². The number of anilines is 2. The van der Waals surface area contributed by atoms with Gasteiger partial charge in [0.25, 0.3) is 15.9 Å². The van der Waals surface area contributed by atoms with Crippen molar-refractivity contribution in [2.75, 3.05) is 16.6 Å². The molecule has 0 bridgehead atoms. The molecule has 2 aromatic carbocycles. The molecule has 1 heterocycles. The second kappa shape index (κ2) is 9.56. The molecule has 3 rings (SSSR count). The van der Waals surface area contributed by atoms with E-state index < -0.39 is 27.7 Å². The molecule has 0 saturated carbocycles. The van der Waals surface area contributed by atoms with Crippen molar-refractivity contribution in [3.63, 3.8) is 0 Å². The lowest BCUT2D eigenvalue weighted by atomic mass is 10.2. The fourth-order valence-corrected chi connectivity index (χ4v) is 3.88. The molecule has 0 radical (unpaired) electrons. The Morgan fingerprint density at radius 1 is 1.00 bits per heavy atom. The molecule has 1 amide bonds. The van der Waals surface area contributed by atoms with E-state index >= 15 is 0 Å². The number of esters is 1. The number of aryl methyl sites for hydroxylation is 1. The minimum absolute atomic E-state index is 0.0340. The lowest BCUT2D eigenvalue weighted by Gasteiger charge is -2.14. The predicted molar refractivity (Wildman–Crippen MR) is 117 cm³/mol. The highest BCUT2D eigenvalue weighted by Gasteiger charge is 2.19. The summed E-state index contributed by atoms with van der Waals surface area (Å²) in [6, 6.07) is 13.4. The monoisotopic (exact) mass is 457 g/mol. The fraction of sp³-hybridized carbons (Fsp3) is 0.136. The number of pyridine rings is 1. The van der Waals surface area contributed by atoms with E-state index in [9.17, 15) is 22.4 Å². The van der Waals surface area contributed by atoms with Crippen LogP contribution in [0.25, 0.3) is 0 Å². The summed E-state index contributed by atoms with van der Waals surface area (Å²) in [5, 5.41) is 2.61. The van der Waals surface area contributed by atoms with Crippen molar-refractivity contribution in [2.24, 2.45) is 0 Å². The number of rotatable bonds is 7. The van der Waals surface area contributed by atoms with Gasteiger partial charge in [-0.1, -0.05) is 12.1 Å². The van der Waals surface area contributed by atoms with Crippen molar-refractivity contribution < 1.29 is 27.1 Å². The van der Waals surface area contributed by atoms with E-state index in [2.05, 4.69) is 15.0 Å². The van der Waals surface area contributed by atoms with Crippen LogP contribution in [-0.4, -0.2) is 31.9 Å². The van der Waals surface area contributed by atoms with E-state index in [1.165, 1.54) is 24.3 Å². The molecule has 1 aromatic heterocycles. The van der Waals surface area contributed by atoms with Gasteiger partial charge in [-0.25, -0.2) is 22.6 Å². The Kier molecular flexibility index (Phi) is 6.84. The largest absolute Gasteiger partial charge is 0.462 e. The number of para-hydroxylation sites is 2. The molecule has 32 heavy (non-hydrogen) atoms. The first-order valence-electron chi connectivity index (χ1n) is 9.55. The third-order valence-electron chi connectivity index (χ3n) is 4.36. The molecular formula is C22H20FN3O5S. The van der Waals surface area contributed by atoms with E-state index in [-0.39, 0.29) is 34.1 Å². The number of amides is 1. The van der Waals surface area contributed by atoms with Crippen molar-refractivity contribution in [3.8, 4) is 0 Å². The van der Waals surface area contributed by atoms with Crippen molar-refractivity contribution in [3.05, 3.63) is 83.4 Å². The van der Waals surface area contributed by atoms with Crippen LogP contribution in [0, 0.1) is 12.7 Å². The molecular weight excluding hydrogens is 437 g/mol. The van der Waals surface area contributed by atoms with Gasteiger partial charge < -0.3 is 10.1 Å². The third-order valence-corrected chi connectivity index (χ3v) is 5.74. The van der Waals surface area contributed by atoms with Crippen LogP contribution < -0.4 is 10.0 Å². The summed E-state index contributed by atoms with van der Waals surface area (Å²) in [7, 11) is -4.02. The Labute approximate surface area is 184 Å². The zero-order chi connectivity index (χ0) is 23.3. The summed E-state index contributed by atoms with van der Waals surface area (Å²) in [5.74, 6) is -1.70. The van der Waals surface area contributed by atoms with Gasteiger partial charge in [0.2, 0.25) is 0 Å². The summed E-state index contributed by atoms with van der Waals surface area (Å²) in [6.45, 7) is 3.48. The van der Waals surface area contributed by atoms with Gasteiger partial charge in [-0.2, -0.15) is 0 Å². The number of ether oxygens (including phenoxy) is 1. The summed E-state index contributed by atoms with van der Waals surface area (Å²) in [4.78, 5) is 28.6. The maximum Gasteiger partial charge on any atom is 0.339 e. The van der Waals surface area contributed by atoms with Crippen LogP contribution in [0.2, 0.25) is 0 Å². The lowest BCUT2D eigenvalue weighted by molar-refractivity contribution is 0.0524. The van der Waals surface area contributed by atoms with Gasteiger partial charge in [0.15, 0.2) is 0 Å². The number of aromatic nitrogens is 1. The second-order valence-electron chi connectivity index (χ2n) is 6.61. The van der Waals surface area contributed by atoms with Crippen LogP contribution in [0.1, 0.15) is 33.5 Å². The lowest BCUT2D eigenvalue weighted by Crippen LogP contribution is -2.19. The maximum absolute atomic E-state index is 13.1. The standard InChI is InChI=1S/C22H20FN3O5S/c1-3-31-22(28)17-12-13-20(24-14(17)2)21(27)25-18-6-4-5-7-19(18)26-32(29,30)16-10-8-15(23)9-11-16/h4-13,26H,3H2,1-2H3,(H,25,27). The SMILES string of the molecule is CCOC(=O)c1ccc(C(=O)Nc2ccccc2NS(=O)(=O)c2ccc(F)cc2)nc1C. The Morgan fingerprint density at radius 3 is 2.28 bits per heavy atom. The van der Waals surface area contributed by atoms with E-state index in [1.54, 1.807) is 26.0 Å². The van der Waals surface area contributed by atoms with Gasteiger partial charge in [-0.05, 0) is 62.4 Å². The Balaban J connectivity index is 1.82. The Bertz CT molecular complexity index is 1260. The van der Waals surface area contributed by atoms with Crippen LogP contribution in [-0.2, 0) is 14.8 Å². The van der Waals surface area contributed by atoms with Gasteiger partial charge in [0.05, 0.1) is 34.1 Å². The van der Waals surface area contributed by atoms with E-state index in [1.807, 2.05) is 0 Å². The van der Waals surface area contributed by atoms with Gasteiger partial charge in [-0.15, -0.1) is 0 Å². The molecule has 2 N–H and O–H groups in total. The van der Waals surface area contributed by atoms with Crippen LogP contribution in [0.4, 0.5) is 15.8 Å². The number of nitrogens with zero attached hydrogens (tertiary/aromatic N) is 1. The zero-order valence-electron chi connectivity index (χ0n) is 17.3. The molecule has 0 spiro atoms. The number of carbonyl (C=O) groups excluding carboxylic acids is 2. The molecule has 3 aromatic rings. The van der Waals surface area contributed by atoms with E-state index in [0.717, 1.165) is 24.3 Å². The van der Waals surface area contributed by atoms with Gasteiger partial charge in [0, 0.05) is 0 Å². The Morgan fingerprint density at radius 2 is 1.66 bits per heavy atom. The molecule has 8 nitrogen and oxygen atoms in total. The molecule has 0 atom stereocenters. The highest BCUT2D eigenvalue weighted by atomic mass is 32.2. The fourth-order valence-electron chi connectivity index (χ4n) is 2.80. The van der Waals surface area contributed by atoms with Crippen molar-refractivity contribution in [2.45, 2.75) is 18.7 Å². The first kappa shape index (κ1) is 22.9. The number of benzene rings is 2. The number of nitrogens with one attached hydrogen (secondary N) is 2. The number of carbonyl (C=O) groups is 2. The number of hydrogen-bond acceptors (Lipinski definition) is 6. The predicted octanol–water partition coefficient (Wildman–Crippen LogP) is 3.76. The smallest absolute Gasteiger partial charge is 0.339 e. The molecule has 0 aliphatic carbocycles. The summed E-state index contributed by atoms with van der Waals surface area (Å²) in [5.41, 5.74) is 0.908. The topological polar surface area (TPSA) is 114 Å². The number of hydrogen-bond donors (Lipinski definition) is 2. The molecule has 0 fully saturated rings. The van der Waals surface area contributed by atoms with Gasteiger partial charge >= 0.3 is 5.97 Å². The maximum atomic E-state index is 13.1. The van der Waals surface area contributed by atoms with Crippen LogP contribution in [0.5, 0.6) is 0 Å². The molecule has 0 saturated heterocycles. The first-order chi connectivity index (χ1) is 15.2. The number of sulfonamides is 1. The summed E-state index contributed by atoms with van der Waals surface area (Å²) < 4.78 is 45.7. The summed E-state index contributed by atoms with van der Waals surface area (Å²) >= 11 is 0. The van der Waals surface area contributed by atoms with Crippen LogP contribution >= 0.6 is 0 Å². The van der Waals surface area contributed by atoms with Crippen molar-refractivity contribution >= 4 is 33.3 Å². The molecule has 0 unspecified atom stereocenters. The third kappa shape index (κ3) is 5.27. The van der Waals surface area contributed by atoms with Gasteiger partial charge in [0.1, 0.15) is 11.5 Å². The average Bonchev–Trinajstić information content (AvgIpc) is 2.75. The van der Waals surface area contributed by atoms with E-state index in [4.69, 9.17) is 4.74 Å². The summed E-state index contributed by atoms with van der Waals surface area (Å²) in [6.07, 6.45) is 0. The van der Waals surface area contributed by atoms with Crippen LogP contribution in [0.3, 0.4) is 0 Å². The Hall–Kier alpha value is -3.79. The second-order valence-corrected chi connectivity index (χ2v) is 8.29. The minimum Gasteiger partial charge on any atom is -0.462 e. The van der Waals surface area contributed by atoms with E-state index in [0.29, 0.717) is 5.69 Å². The number of halogens is 1. The zero-order valence-corrected chi connectivity index (χ0v) is 18.1. The molecule has 0 aliphatic heterocycles. The quantitative estimate of drug-likeness (QED) is 0.522. The van der Waals surface area contributed by atoms with Crippen molar-refractivity contribution in [1.82, 2.24) is 4.98 Å². The first-order valence-corrected chi connectivity index (χ1v) is 11.0. The molecule has 0 aliphatic rings. The average molecular weight is 457 g/mol. The molecule has 10 heteroatoms. The van der Waals surface area contributed by atoms with Crippen molar-refractivity contribution in [1.29, 1.82) is 0 Å². The molecule has 166 valence electrons. The highest BCUT2D eigenvalue weighted by Crippen LogP contribution is 2.25. The normalized spacial score (nSPS) is 11.0. The minimum atomic E-state index is -4.02. The highest BCUT2D eigenvalue weighted by molar-refractivity contribution is 7.92.